The van der Waals surface area contributed by atoms with Crippen molar-refractivity contribution in [3.05, 3.63) is 109 Å². The predicted octanol–water partition coefficient (Wildman–Crippen LogP) is 11.5. The van der Waals surface area contributed by atoms with Crippen LogP contribution in [0.25, 0.3) is 0 Å². The Labute approximate surface area is 293 Å². The molecule has 0 aliphatic rings. The molecule has 0 saturated heterocycles. The van der Waals surface area contributed by atoms with E-state index in [9.17, 15) is 14.7 Å². The Hall–Kier alpha value is -3.44. The minimum atomic E-state index is -0.835. The Morgan fingerprint density at radius 1 is 0.500 bits per heavy atom. The minimum absolute atomic E-state index is 0.125. The molecule has 1 atom stereocenters. The first kappa shape index (κ1) is 44.6. The van der Waals surface area contributed by atoms with Gasteiger partial charge in [-0.2, -0.15) is 0 Å². The quantitative estimate of drug-likeness (QED) is 0.0454. The summed E-state index contributed by atoms with van der Waals surface area (Å²) in [6, 6.07) is 0. The summed E-state index contributed by atoms with van der Waals surface area (Å²) >= 11 is 0. The maximum atomic E-state index is 12.1. The van der Waals surface area contributed by atoms with Crippen LogP contribution in [0, 0.1) is 0 Å². The van der Waals surface area contributed by atoms with Crippen molar-refractivity contribution in [2.24, 2.45) is 0 Å². The van der Waals surface area contributed by atoms with Gasteiger partial charge in [0, 0.05) is 12.8 Å². The average Bonchev–Trinajstić information content (AvgIpc) is 3.09. The highest BCUT2D eigenvalue weighted by Crippen LogP contribution is 2.06. The van der Waals surface area contributed by atoms with Crippen LogP contribution in [0.1, 0.15) is 129 Å². The normalized spacial score (nSPS) is 13.5. The maximum absolute atomic E-state index is 12.1. The van der Waals surface area contributed by atoms with Crippen LogP contribution in [0.5, 0.6) is 0 Å². The molecular weight excluding hydrogens is 596 g/mol. The van der Waals surface area contributed by atoms with Gasteiger partial charge in [-0.15, -0.1) is 0 Å². The fourth-order valence-corrected chi connectivity index (χ4v) is 4.29. The molecule has 5 heteroatoms. The zero-order valence-corrected chi connectivity index (χ0v) is 30.2. The van der Waals surface area contributed by atoms with Crippen LogP contribution in [0.2, 0.25) is 0 Å². The van der Waals surface area contributed by atoms with Crippen LogP contribution in [0.15, 0.2) is 109 Å². The van der Waals surface area contributed by atoms with Gasteiger partial charge in [-0.25, -0.2) is 0 Å². The molecule has 0 bridgehead atoms. The Morgan fingerprint density at radius 3 is 1.35 bits per heavy atom. The molecule has 0 radical (unpaired) electrons. The first-order chi connectivity index (χ1) is 23.6. The SMILES string of the molecule is CCC=CCC=CCC=CCC=CCCCCC(=O)OCC(CO)OC(=O)CCC=CCC=CCC=CCC=CCC=CCCCCC. The zero-order valence-electron chi connectivity index (χ0n) is 30.2. The summed E-state index contributed by atoms with van der Waals surface area (Å²) in [4.78, 5) is 24.2. The molecule has 0 aromatic rings. The number of carbonyl (C=O) groups excluding carboxylic acids is 2. The lowest BCUT2D eigenvalue weighted by Gasteiger charge is -2.15. The smallest absolute Gasteiger partial charge is 0.306 e. The number of aliphatic hydroxyl groups excluding tert-OH is 1. The van der Waals surface area contributed by atoms with E-state index in [1.807, 2.05) is 12.2 Å². The van der Waals surface area contributed by atoms with Crippen molar-refractivity contribution < 1.29 is 24.2 Å². The Balaban J connectivity index is 3.83. The Bertz CT molecular complexity index is 1020. The lowest BCUT2D eigenvalue weighted by molar-refractivity contribution is -0.161. The van der Waals surface area contributed by atoms with Gasteiger partial charge in [0.1, 0.15) is 6.61 Å². The molecule has 5 nitrogen and oxygen atoms in total. The molecule has 0 saturated carbocycles. The van der Waals surface area contributed by atoms with Gasteiger partial charge in [-0.1, -0.05) is 136 Å². The molecule has 0 rings (SSSR count). The van der Waals surface area contributed by atoms with E-state index >= 15 is 0 Å². The summed E-state index contributed by atoms with van der Waals surface area (Å²) < 4.78 is 10.5. The van der Waals surface area contributed by atoms with Crippen molar-refractivity contribution in [2.75, 3.05) is 13.2 Å². The second-order valence-corrected chi connectivity index (χ2v) is 11.6. The fraction of sp³-hybridized carbons (Fsp3) is 0.535. The molecule has 268 valence electrons. The topological polar surface area (TPSA) is 72.8 Å². The molecule has 0 aliphatic carbocycles. The van der Waals surface area contributed by atoms with E-state index in [0.717, 1.165) is 70.6 Å². The van der Waals surface area contributed by atoms with Gasteiger partial charge < -0.3 is 14.6 Å². The number of ether oxygens (including phenoxy) is 2. The van der Waals surface area contributed by atoms with E-state index in [0.29, 0.717) is 12.8 Å². The second-order valence-electron chi connectivity index (χ2n) is 11.6. The highest BCUT2D eigenvalue weighted by molar-refractivity contribution is 5.70. The molecule has 0 aromatic heterocycles. The zero-order chi connectivity index (χ0) is 35.0. The van der Waals surface area contributed by atoms with Crippen molar-refractivity contribution in [1.29, 1.82) is 0 Å². The van der Waals surface area contributed by atoms with Crippen LogP contribution < -0.4 is 0 Å². The van der Waals surface area contributed by atoms with E-state index in [1.54, 1.807) is 0 Å². The molecule has 0 aromatic carbocycles. The summed E-state index contributed by atoms with van der Waals surface area (Å²) in [5.74, 6) is -0.750. The van der Waals surface area contributed by atoms with Crippen molar-refractivity contribution in [3.8, 4) is 0 Å². The third kappa shape index (κ3) is 35.4. The molecule has 0 aliphatic heterocycles. The summed E-state index contributed by atoms with van der Waals surface area (Å²) in [5.41, 5.74) is 0. The fourth-order valence-electron chi connectivity index (χ4n) is 4.29. The van der Waals surface area contributed by atoms with E-state index in [1.165, 1.54) is 25.7 Å². The summed E-state index contributed by atoms with van der Waals surface area (Å²) in [5, 5.41) is 9.52. The number of hydrogen-bond donors (Lipinski definition) is 1. The minimum Gasteiger partial charge on any atom is -0.462 e. The predicted molar refractivity (Wildman–Crippen MR) is 205 cm³/mol. The number of allylic oxidation sites excluding steroid dienone is 18. The first-order valence-corrected chi connectivity index (χ1v) is 18.4. The van der Waals surface area contributed by atoms with Gasteiger partial charge in [-0.3, -0.25) is 9.59 Å². The first-order valence-electron chi connectivity index (χ1n) is 18.4. The standard InChI is InChI=1S/C43H66O5/c1-3-5-7-9-11-13-15-17-19-20-21-22-24-26-28-30-32-34-36-38-43(46)48-41(39-44)40-47-42(45)37-35-33-31-29-27-25-23-18-16-14-12-10-8-6-4-2/h6,8,11-14,17-19,21-23,26-29,32,34,41,44H,3-5,7,9-10,15-16,20,24-25,30-31,33,35-40H2,1-2H3. The molecule has 0 amide bonds. The molecule has 1 unspecified atom stereocenters. The Morgan fingerprint density at radius 2 is 0.917 bits per heavy atom. The number of rotatable bonds is 31. The number of esters is 2. The van der Waals surface area contributed by atoms with Gasteiger partial charge >= 0.3 is 11.9 Å². The number of unbranched alkanes of at least 4 members (excludes halogenated alkanes) is 5. The van der Waals surface area contributed by atoms with E-state index in [-0.39, 0.29) is 25.6 Å². The third-order valence-corrected chi connectivity index (χ3v) is 7.06. The molecular formula is C43H66O5. The molecule has 0 fully saturated rings. The average molecular weight is 663 g/mol. The molecule has 0 spiro atoms. The molecule has 0 heterocycles. The third-order valence-electron chi connectivity index (χ3n) is 7.06. The molecule has 1 N–H and O–H groups in total. The van der Waals surface area contributed by atoms with Crippen LogP contribution in [0.3, 0.4) is 0 Å². The van der Waals surface area contributed by atoms with Gasteiger partial charge in [0.25, 0.3) is 0 Å². The lowest BCUT2D eigenvalue weighted by Crippen LogP contribution is -2.28. The van der Waals surface area contributed by atoms with Crippen LogP contribution in [0.4, 0.5) is 0 Å². The maximum Gasteiger partial charge on any atom is 0.306 e. The monoisotopic (exact) mass is 662 g/mol. The number of carbonyl (C=O) groups is 2. The van der Waals surface area contributed by atoms with Crippen LogP contribution in [-0.2, 0) is 19.1 Å². The number of hydrogen-bond acceptors (Lipinski definition) is 5. The van der Waals surface area contributed by atoms with E-state index in [4.69, 9.17) is 9.47 Å². The lowest BCUT2D eigenvalue weighted by atomic mass is 10.2. The number of aliphatic hydroxyl groups is 1. The summed E-state index contributed by atoms with van der Waals surface area (Å²) in [7, 11) is 0. The van der Waals surface area contributed by atoms with Gasteiger partial charge in [-0.05, 0) is 89.9 Å². The largest absolute Gasteiger partial charge is 0.462 e. The van der Waals surface area contributed by atoms with Crippen LogP contribution >= 0.6 is 0 Å². The highest BCUT2D eigenvalue weighted by atomic mass is 16.6. The van der Waals surface area contributed by atoms with Crippen LogP contribution in [-0.4, -0.2) is 36.4 Å². The highest BCUT2D eigenvalue weighted by Gasteiger charge is 2.15. The summed E-state index contributed by atoms with van der Waals surface area (Å²) in [6.45, 7) is 3.86. The van der Waals surface area contributed by atoms with E-state index < -0.39 is 12.1 Å². The van der Waals surface area contributed by atoms with E-state index in [2.05, 4.69) is 111 Å². The molecule has 48 heavy (non-hydrogen) atoms. The van der Waals surface area contributed by atoms with Crippen molar-refractivity contribution in [2.45, 2.75) is 136 Å². The van der Waals surface area contributed by atoms with Gasteiger partial charge in [0.05, 0.1) is 6.61 Å². The Kier molecular flexibility index (Phi) is 35.3. The van der Waals surface area contributed by atoms with Gasteiger partial charge in [0.2, 0.25) is 0 Å². The van der Waals surface area contributed by atoms with Crippen molar-refractivity contribution in [3.63, 3.8) is 0 Å². The van der Waals surface area contributed by atoms with Crippen molar-refractivity contribution in [1.82, 2.24) is 0 Å². The van der Waals surface area contributed by atoms with Gasteiger partial charge in [0.15, 0.2) is 6.10 Å². The van der Waals surface area contributed by atoms with Crippen molar-refractivity contribution >= 4 is 11.9 Å². The summed E-state index contributed by atoms with van der Waals surface area (Å²) in [6.07, 6.45) is 54.4. The second kappa shape index (κ2) is 38.0.